The summed E-state index contributed by atoms with van der Waals surface area (Å²) in [6.07, 6.45) is 0.597. The quantitative estimate of drug-likeness (QED) is 0.671. The van der Waals surface area contributed by atoms with Crippen LogP contribution in [0.2, 0.25) is 0 Å². The number of carbonyl (C=O) groups excluding carboxylic acids is 2. The fraction of sp³-hybridized carbons (Fsp3) is 0.667. The van der Waals surface area contributed by atoms with Crippen molar-refractivity contribution in [3.8, 4) is 0 Å². The summed E-state index contributed by atoms with van der Waals surface area (Å²) in [4.78, 5) is 25.0. The van der Waals surface area contributed by atoms with Crippen LogP contribution >= 0.6 is 11.8 Å². The number of carboxylic acid groups (broad SMARTS) is 1. The number of ether oxygens (including phenoxy) is 1. The molecule has 0 radical (unpaired) electrons. The summed E-state index contributed by atoms with van der Waals surface area (Å²) in [7, 11) is 0. The highest BCUT2D eigenvalue weighted by molar-refractivity contribution is 8.04. The van der Waals surface area contributed by atoms with Crippen molar-refractivity contribution in [2.75, 3.05) is 6.61 Å². The molecule has 3 aliphatic heterocycles. The van der Waals surface area contributed by atoms with Gasteiger partial charge >= 0.3 is 0 Å². The Bertz CT molecular complexity index is 469. The van der Waals surface area contributed by atoms with Crippen LogP contribution in [0.4, 0.5) is 0 Å². The number of aliphatic hydroxyl groups is 1. The van der Waals surface area contributed by atoms with Crippen LogP contribution in [0.1, 0.15) is 19.8 Å². The molecule has 0 saturated carbocycles. The minimum Gasteiger partial charge on any atom is -0.543 e. The Morgan fingerprint density at radius 3 is 2.89 bits per heavy atom. The summed E-state index contributed by atoms with van der Waals surface area (Å²) in [5.74, 6) is -2.24. The van der Waals surface area contributed by atoms with E-state index in [1.165, 1.54) is 16.7 Å². The van der Waals surface area contributed by atoms with Gasteiger partial charge in [-0.1, -0.05) is 11.8 Å². The molecular weight excluding hydrogens is 270 g/mol. The maximum atomic E-state index is 11.9. The number of carbonyl (C=O) groups is 2. The molecule has 1 N–H and O–H groups in total. The number of thioether (sulfide) groups is 1. The molecular formula is C12H14NO5S-. The number of hydrogen-bond donors (Lipinski definition) is 1. The standard InChI is InChI=1S/C12H15NO5S/c1-5(14)7-10(15)13-8(12(16)17)9(19-11(7)13)6-3-2-4-18-6/h5-7,11,14H,2-4H2,1H3,(H,16,17)/p-1/t5-,6-,7+,11-/m1/s1. The van der Waals surface area contributed by atoms with Gasteiger partial charge in [-0.3, -0.25) is 9.69 Å². The average molecular weight is 284 g/mol. The summed E-state index contributed by atoms with van der Waals surface area (Å²) >= 11 is 1.31. The lowest BCUT2D eigenvalue weighted by molar-refractivity contribution is -0.301. The number of rotatable bonds is 3. The molecule has 2 saturated heterocycles. The first-order valence-electron chi connectivity index (χ1n) is 6.27. The summed E-state index contributed by atoms with van der Waals surface area (Å²) in [5.41, 5.74) is -0.0659. The van der Waals surface area contributed by atoms with E-state index in [2.05, 4.69) is 0 Å². The molecule has 0 aromatic rings. The van der Waals surface area contributed by atoms with Crippen LogP contribution in [0.15, 0.2) is 10.6 Å². The second-order valence-electron chi connectivity index (χ2n) is 4.99. The van der Waals surface area contributed by atoms with Gasteiger partial charge in [0.25, 0.3) is 0 Å². The normalized spacial score (nSPS) is 35.4. The monoisotopic (exact) mass is 284 g/mol. The molecule has 2 fully saturated rings. The van der Waals surface area contributed by atoms with Gasteiger partial charge in [0.05, 0.1) is 29.8 Å². The van der Waals surface area contributed by atoms with E-state index in [4.69, 9.17) is 4.74 Å². The predicted molar refractivity (Wildman–Crippen MR) is 64.4 cm³/mol. The molecule has 6 nitrogen and oxygen atoms in total. The predicted octanol–water partition coefficient (Wildman–Crippen LogP) is -0.961. The SMILES string of the molecule is C[C@@H](O)[C@H]1C(=O)N2C(C(=O)[O-])=C([C@H]3CCCO3)S[C@H]12. The molecule has 0 bridgehead atoms. The van der Waals surface area contributed by atoms with E-state index in [1.807, 2.05) is 0 Å². The van der Waals surface area contributed by atoms with Gasteiger partial charge in [-0.15, -0.1) is 0 Å². The van der Waals surface area contributed by atoms with Gasteiger partial charge in [-0.2, -0.15) is 0 Å². The van der Waals surface area contributed by atoms with Crippen molar-refractivity contribution in [3.63, 3.8) is 0 Å². The van der Waals surface area contributed by atoms with E-state index < -0.39 is 18.0 Å². The lowest BCUT2D eigenvalue weighted by atomic mass is 9.92. The zero-order valence-corrected chi connectivity index (χ0v) is 11.2. The molecule has 3 rings (SSSR count). The first kappa shape index (κ1) is 13.0. The Labute approximate surface area is 114 Å². The molecule has 0 aliphatic carbocycles. The van der Waals surface area contributed by atoms with Crippen molar-refractivity contribution in [1.82, 2.24) is 4.90 Å². The number of amides is 1. The number of fused-ring (bicyclic) bond motifs is 1. The third-order valence-corrected chi connectivity index (χ3v) is 5.20. The molecule has 19 heavy (non-hydrogen) atoms. The summed E-state index contributed by atoms with van der Waals surface area (Å²) in [6, 6.07) is 0. The summed E-state index contributed by atoms with van der Waals surface area (Å²) in [5, 5.41) is 20.5. The van der Waals surface area contributed by atoms with Gasteiger partial charge in [0.2, 0.25) is 5.91 Å². The van der Waals surface area contributed by atoms with Crippen LogP contribution in [0, 0.1) is 5.92 Å². The number of nitrogens with zero attached hydrogens (tertiary/aromatic N) is 1. The van der Waals surface area contributed by atoms with Gasteiger partial charge in [-0.05, 0) is 19.8 Å². The van der Waals surface area contributed by atoms with Crippen molar-refractivity contribution < 1.29 is 24.5 Å². The van der Waals surface area contributed by atoms with Crippen LogP contribution < -0.4 is 5.11 Å². The molecule has 104 valence electrons. The van der Waals surface area contributed by atoms with Crippen molar-refractivity contribution >= 4 is 23.6 Å². The highest BCUT2D eigenvalue weighted by atomic mass is 32.2. The fourth-order valence-corrected chi connectivity index (χ4v) is 4.51. The Hall–Kier alpha value is -1.05. The van der Waals surface area contributed by atoms with E-state index in [1.54, 1.807) is 6.92 Å². The van der Waals surface area contributed by atoms with Crippen molar-refractivity contribution in [1.29, 1.82) is 0 Å². The molecule has 0 aromatic carbocycles. The lowest BCUT2D eigenvalue weighted by Crippen LogP contribution is -2.61. The topological polar surface area (TPSA) is 89.9 Å². The summed E-state index contributed by atoms with van der Waals surface area (Å²) in [6.45, 7) is 2.15. The minimum absolute atomic E-state index is 0.0659. The molecule has 3 aliphatic rings. The molecule has 0 aromatic heterocycles. The first-order chi connectivity index (χ1) is 9.02. The largest absolute Gasteiger partial charge is 0.543 e. The highest BCUT2D eigenvalue weighted by Crippen LogP contribution is 2.52. The van der Waals surface area contributed by atoms with Gasteiger partial charge in [0, 0.05) is 11.5 Å². The number of hydrogen-bond acceptors (Lipinski definition) is 6. The van der Waals surface area contributed by atoms with Gasteiger partial charge in [0.15, 0.2) is 0 Å². The van der Waals surface area contributed by atoms with E-state index in [0.717, 1.165) is 12.8 Å². The highest BCUT2D eigenvalue weighted by Gasteiger charge is 2.57. The molecule has 4 atom stereocenters. The summed E-state index contributed by atoms with van der Waals surface area (Å²) < 4.78 is 5.50. The minimum atomic E-state index is -1.35. The van der Waals surface area contributed by atoms with Crippen LogP contribution in [-0.4, -0.2) is 46.1 Å². The molecule has 3 heterocycles. The third-order valence-electron chi connectivity index (χ3n) is 3.74. The van der Waals surface area contributed by atoms with Crippen LogP contribution in [0.5, 0.6) is 0 Å². The molecule has 1 amide bonds. The molecule has 7 heteroatoms. The van der Waals surface area contributed by atoms with Gasteiger partial charge in [-0.25, -0.2) is 0 Å². The number of β-lactam (4-membered cyclic amide) rings is 1. The van der Waals surface area contributed by atoms with Crippen LogP contribution in [0.3, 0.4) is 0 Å². The van der Waals surface area contributed by atoms with Crippen LogP contribution in [0.25, 0.3) is 0 Å². The maximum Gasteiger partial charge on any atom is 0.236 e. The van der Waals surface area contributed by atoms with Crippen LogP contribution in [-0.2, 0) is 14.3 Å². The van der Waals surface area contributed by atoms with Crippen molar-refractivity contribution in [2.45, 2.75) is 37.3 Å². The Morgan fingerprint density at radius 1 is 1.63 bits per heavy atom. The smallest absolute Gasteiger partial charge is 0.236 e. The maximum absolute atomic E-state index is 11.9. The lowest BCUT2D eigenvalue weighted by Gasteiger charge is -2.44. The zero-order chi connectivity index (χ0) is 13.7. The van der Waals surface area contributed by atoms with Gasteiger partial charge < -0.3 is 19.7 Å². The van der Waals surface area contributed by atoms with Crippen molar-refractivity contribution in [2.24, 2.45) is 5.92 Å². The van der Waals surface area contributed by atoms with E-state index >= 15 is 0 Å². The third kappa shape index (κ3) is 1.79. The fourth-order valence-electron chi connectivity index (χ4n) is 2.81. The van der Waals surface area contributed by atoms with Gasteiger partial charge in [0.1, 0.15) is 5.37 Å². The number of aliphatic carboxylic acids is 1. The van der Waals surface area contributed by atoms with E-state index in [0.29, 0.717) is 11.5 Å². The Balaban J connectivity index is 1.91. The Kier molecular flexibility index (Phi) is 3.07. The number of carboxylic acids is 1. The second kappa shape index (κ2) is 4.50. The molecule has 0 unspecified atom stereocenters. The second-order valence-corrected chi connectivity index (χ2v) is 6.14. The average Bonchev–Trinajstić information content (AvgIpc) is 2.92. The van der Waals surface area contributed by atoms with Crippen molar-refractivity contribution in [3.05, 3.63) is 10.6 Å². The Morgan fingerprint density at radius 2 is 2.37 bits per heavy atom. The van der Waals surface area contributed by atoms with E-state index in [9.17, 15) is 19.8 Å². The first-order valence-corrected chi connectivity index (χ1v) is 7.15. The zero-order valence-electron chi connectivity index (χ0n) is 10.4. The number of aliphatic hydroxyl groups excluding tert-OH is 1. The van der Waals surface area contributed by atoms with E-state index in [-0.39, 0.29) is 23.1 Å². The molecule has 0 spiro atoms.